The number of nitrogens with two attached hydrogens (primary N) is 1. The molecule has 0 radical (unpaired) electrons. The van der Waals surface area contributed by atoms with Crippen molar-refractivity contribution in [1.82, 2.24) is 10.1 Å². The number of rotatable bonds is 8. The maximum atomic E-state index is 5.49. The number of hydrogen-bond acceptors (Lipinski definition) is 4. The van der Waals surface area contributed by atoms with Crippen LogP contribution in [0.15, 0.2) is 4.52 Å². The average Bonchev–Trinajstić information content (AvgIpc) is 2.96. The molecular weight excluding hydrogens is 250 g/mol. The van der Waals surface area contributed by atoms with Gasteiger partial charge in [0.2, 0.25) is 5.89 Å². The molecule has 0 aliphatic heterocycles. The minimum atomic E-state index is 0.535. The first-order valence-electron chi connectivity index (χ1n) is 8.36. The summed E-state index contributed by atoms with van der Waals surface area (Å²) >= 11 is 0. The second-order valence-electron chi connectivity index (χ2n) is 6.13. The summed E-state index contributed by atoms with van der Waals surface area (Å²) in [5.74, 6) is 3.23. The molecule has 4 heteroatoms. The lowest BCUT2D eigenvalue weighted by atomic mass is 9.80. The van der Waals surface area contributed by atoms with E-state index in [1.54, 1.807) is 0 Å². The number of unbranched alkanes of at least 4 members (excludes halogenated alkanes) is 3. The van der Waals surface area contributed by atoms with E-state index in [0.29, 0.717) is 5.92 Å². The Kier molecular flexibility index (Phi) is 6.51. The van der Waals surface area contributed by atoms with Crippen molar-refractivity contribution in [3.05, 3.63) is 11.7 Å². The van der Waals surface area contributed by atoms with Gasteiger partial charge in [-0.1, -0.05) is 31.3 Å². The lowest BCUT2D eigenvalue weighted by Crippen LogP contribution is -2.13. The summed E-state index contributed by atoms with van der Waals surface area (Å²) in [6, 6.07) is 0. The Bertz CT molecular complexity index is 370. The van der Waals surface area contributed by atoms with Crippen LogP contribution < -0.4 is 5.73 Å². The monoisotopic (exact) mass is 279 g/mol. The average molecular weight is 279 g/mol. The van der Waals surface area contributed by atoms with E-state index in [1.165, 1.54) is 44.9 Å². The van der Waals surface area contributed by atoms with Crippen LogP contribution in [0.3, 0.4) is 0 Å². The third-order valence-corrected chi connectivity index (χ3v) is 4.62. The summed E-state index contributed by atoms with van der Waals surface area (Å²) in [6.45, 7) is 3.09. The highest BCUT2D eigenvalue weighted by molar-refractivity contribution is 4.97. The van der Waals surface area contributed by atoms with E-state index in [0.717, 1.165) is 43.4 Å². The van der Waals surface area contributed by atoms with Gasteiger partial charge in [-0.2, -0.15) is 4.98 Å². The van der Waals surface area contributed by atoms with Gasteiger partial charge in [0.1, 0.15) is 0 Å². The summed E-state index contributed by atoms with van der Waals surface area (Å²) in [5.41, 5.74) is 5.49. The van der Waals surface area contributed by atoms with Crippen LogP contribution in [0.1, 0.15) is 82.3 Å². The molecule has 0 atom stereocenters. The number of nitrogens with zero attached hydrogens (tertiary/aromatic N) is 2. The van der Waals surface area contributed by atoms with E-state index in [4.69, 9.17) is 10.3 Å². The summed E-state index contributed by atoms with van der Waals surface area (Å²) < 4.78 is 5.39. The molecule has 0 bridgehead atoms. The zero-order valence-electron chi connectivity index (χ0n) is 12.8. The molecule has 0 saturated heterocycles. The van der Waals surface area contributed by atoms with E-state index in [2.05, 4.69) is 17.1 Å². The van der Waals surface area contributed by atoms with E-state index < -0.39 is 0 Å². The standard InChI is InChI=1S/C16H29N3O/c1-2-13-8-10-14(11-9-13)16-18-15(20-19-16)7-5-3-4-6-12-17/h13-14H,2-12,17H2,1H3. The molecule has 1 aromatic heterocycles. The first-order chi connectivity index (χ1) is 9.83. The molecule has 2 rings (SSSR count). The Labute approximate surface area is 122 Å². The lowest BCUT2D eigenvalue weighted by Gasteiger charge is -2.25. The van der Waals surface area contributed by atoms with Gasteiger partial charge < -0.3 is 10.3 Å². The molecule has 1 heterocycles. The topological polar surface area (TPSA) is 64.9 Å². The fourth-order valence-electron chi connectivity index (χ4n) is 3.14. The smallest absolute Gasteiger partial charge is 0.226 e. The number of hydrogen-bond donors (Lipinski definition) is 1. The minimum Gasteiger partial charge on any atom is -0.339 e. The largest absolute Gasteiger partial charge is 0.339 e. The van der Waals surface area contributed by atoms with Gasteiger partial charge in [-0.3, -0.25) is 0 Å². The van der Waals surface area contributed by atoms with Crippen molar-refractivity contribution in [2.24, 2.45) is 11.7 Å². The van der Waals surface area contributed by atoms with Crippen molar-refractivity contribution < 1.29 is 4.52 Å². The van der Waals surface area contributed by atoms with Crippen LogP contribution in [0.4, 0.5) is 0 Å². The van der Waals surface area contributed by atoms with Gasteiger partial charge in [0.25, 0.3) is 0 Å². The van der Waals surface area contributed by atoms with Crippen molar-refractivity contribution in [1.29, 1.82) is 0 Å². The zero-order chi connectivity index (χ0) is 14.2. The van der Waals surface area contributed by atoms with E-state index in [1.807, 2.05) is 0 Å². The molecule has 4 nitrogen and oxygen atoms in total. The molecule has 0 aromatic carbocycles. The van der Waals surface area contributed by atoms with E-state index in [9.17, 15) is 0 Å². The Morgan fingerprint density at radius 3 is 2.55 bits per heavy atom. The van der Waals surface area contributed by atoms with Gasteiger partial charge in [-0.05, 0) is 51.0 Å². The summed E-state index contributed by atoms with van der Waals surface area (Å²) in [5, 5.41) is 4.20. The molecule has 1 aliphatic carbocycles. The van der Waals surface area contributed by atoms with Crippen molar-refractivity contribution in [3.63, 3.8) is 0 Å². The van der Waals surface area contributed by atoms with Gasteiger partial charge >= 0.3 is 0 Å². The molecule has 1 aromatic rings. The third-order valence-electron chi connectivity index (χ3n) is 4.62. The van der Waals surface area contributed by atoms with Crippen molar-refractivity contribution >= 4 is 0 Å². The molecule has 0 unspecified atom stereocenters. The fourth-order valence-corrected chi connectivity index (χ4v) is 3.14. The van der Waals surface area contributed by atoms with Crippen LogP contribution in [-0.2, 0) is 6.42 Å². The molecule has 0 amide bonds. The SMILES string of the molecule is CCC1CCC(c2noc(CCCCCCN)n2)CC1. The predicted octanol–water partition coefficient (Wildman–Crippen LogP) is 3.82. The highest BCUT2D eigenvalue weighted by Crippen LogP contribution is 2.35. The van der Waals surface area contributed by atoms with E-state index in [-0.39, 0.29) is 0 Å². The molecule has 0 spiro atoms. The summed E-state index contributed by atoms with van der Waals surface area (Å²) in [4.78, 5) is 4.60. The van der Waals surface area contributed by atoms with Gasteiger partial charge in [0.05, 0.1) is 0 Å². The maximum absolute atomic E-state index is 5.49. The highest BCUT2D eigenvalue weighted by atomic mass is 16.5. The number of aryl methyl sites for hydroxylation is 1. The van der Waals surface area contributed by atoms with Crippen LogP contribution in [0.2, 0.25) is 0 Å². The Hall–Kier alpha value is -0.900. The molecule has 1 aliphatic rings. The summed E-state index contributed by atoms with van der Waals surface area (Å²) in [6.07, 6.45) is 12.0. The van der Waals surface area contributed by atoms with Crippen LogP contribution in [0.5, 0.6) is 0 Å². The van der Waals surface area contributed by atoms with Gasteiger partial charge in [0.15, 0.2) is 5.82 Å². The van der Waals surface area contributed by atoms with Gasteiger partial charge in [-0.25, -0.2) is 0 Å². The van der Waals surface area contributed by atoms with Crippen molar-refractivity contribution in [3.8, 4) is 0 Å². The minimum absolute atomic E-state index is 0.535. The van der Waals surface area contributed by atoms with Crippen molar-refractivity contribution in [2.45, 2.75) is 77.0 Å². The quantitative estimate of drug-likeness (QED) is 0.735. The molecular formula is C16H29N3O. The molecule has 2 N–H and O–H groups in total. The van der Waals surface area contributed by atoms with Gasteiger partial charge in [0, 0.05) is 12.3 Å². The molecule has 1 fully saturated rings. The van der Waals surface area contributed by atoms with Crippen molar-refractivity contribution in [2.75, 3.05) is 6.54 Å². The molecule has 1 saturated carbocycles. The second-order valence-corrected chi connectivity index (χ2v) is 6.13. The Morgan fingerprint density at radius 2 is 1.85 bits per heavy atom. The summed E-state index contributed by atoms with van der Waals surface area (Å²) in [7, 11) is 0. The predicted molar refractivity (Wildman–Crippen MR) is 80.5 cm³/mol. The lowest BCUT2D eigenvalue weighted by molar-refractivity contribution is 0.303. The molecule has 20 heavy (non-hydrogen) atoms. The van der Waals surface area contributed by atoms with Crippen LogP contribution in [0.25, 0.3) is 0 Å². The number of aromatic nitrogens is 2. The van der Waals surface area contributed by atoms with Crippen LogP contribution >= 0.6 is 0 Å². The molecule has 114 valence electrons. The van der Waals surface area contributed by atoms with E-state index >= 15 is 0 Å². The Morgan fingerprint density at radius 1 is 1.10 bits per heavy atom. The van der Waals surface area contributed by atoms with Crippen LogP contribution in [0, 0.1) is 5.92 Å². The second kappa shape index (κ2) is 8.40. The maximum Gasteiger partial charge on any atom is 0.226 e. The third kappa shape index (κ3) is 4.58. The fraction of sp³-hybridized carbons (Fsp3) is 0.875. The first-order valence-corrected chi connectivity index (χ1v) is 8.36. The normalized spacial score (nSPS) is 23.1. The van der Waals surface area contributed by atoms with Gasteiger partial charge in [-0.15, -0.1) is 0 Å². The van der Waals surface area contributed by atoms with Crippen LogP contribution in [-0.4, -0.2) is 16.7 Å². The Balaban J connectivity index is 1.72. The highest BCUT2D eigenvalue weighted by Gasteiger charge is 2.24. The first kappa shape index (κ1) is 15.5. The zero-order valence-corrected chi connectivity index (χ0v) is 12.8.